The van der Waals surface area contributed by atoms with Crippen LogP contribution in [0.4, 0.5) is 8.78 Å². The molecule has 1 aromatic carbocycles. The highest BCUT2D eigenvalue weighted by Crippen LogP contribution is 2.25. The van der Waals surface area contributed by atoms with Crippen molar-refractivity contribution in [1.82, 2.24) is 0 Å². The van der Waals surface area contributed by atoms with Gasteiger partial charge in [0, 0.05) is 0 Å². The highest BCUT2D eigenvalue weighted by Gasteiger charge is 2.26. The largest absolute Gasteiger partial charge is 0.482 e. The molecule has 1 rings (SSSR count). The van der Waals surface area contributed by atoms with E-state index >= 15 is 0 Å². The van der Waals surface area contributed by atoms with E-state index in [4.69, 9.17) is 9.84 Å². The Morgan fingerprint density at radius 3 is 2.50 bits per heavy atom. The molecule has 0 atom stereocenters. The van der Waals surface area contributed by atoms with E-state index in [0.29, 0.717) is 0 Å². The van der Waals surface area contributed by atoms with E-state index in [1.165, 1.54) is 6.92 Å². The molecule has 0 radical (unpaired) electrons. The van der Waals surface area contributed by atoms with Gasteiger partial charge in [-0.3, -0.25) is 0 Å². The molecule has 5 nitrogen and oxygen atoms in total. The van der Waals surface area contributed by atoms with E-state index in [2.05, 4.69) is 0 Å². The van der Waals surface area contributed by atoms with Crippen LogP contribution in [0.15, 0.2) is 23.1 Å². The number of ether oxygens (including phenoxy) is 1. The number of carboxylic acids is 1. The quantitative estimate of drug-likeness (QED) is 0.883. The van der Waals surface area contributed by atoms with Crippen LogP contribution in [0.25, 0.3) is 0 Å². The molecule has 1 aromatic rings. The van der Waals surface area contributed by atoms with Crippen molar-refractivity contribution in [2.75, 3.05) is 6.61 Å². The number of aryl methyl sites for hydroxylation is 1. The number of hydrogen-bond acceptors (Lipinski definition) is 4. The zero-order valence-electron chi connectivity index (χ0n) is 9.26. The third-order valence-electron chi connectivity index (χ3n) is 2.06. The highest BCUT2D eigenvalue weighted by atomic mass is 32.2. The van der Waals surface area contributed by atoms with E-state index in [9.17, 15) is 22.0 Å². The molecule has 0 unspecified atom stereocenters. The Morgan fingerprint density at radius 1 is 1.44 bits per heavy atom. The Bertz CT molecular complexity index is 553. The summed E-state index contributed by atoms with van der Waals surface area (Å²) in [6.45, 7) is 0.837. The lowest BCUT2D eigenvalue weighted by atomic mass is 10.2. The van der Waals surface area contributed by atoms with Crippen molar-refractivity contribution in [3.05, 3.63) is 23.8 Å². The van der Waals surface area contributed by atoms with Crippen LogP contribution in [0.1, 0.15) is 5.56 Å². The van der Waals surface area contributed by atoms with Gasteiger partial charge >= 0.3 is 11.7 Å². The third-order valence-corrected chi connectivity index (χ3v) is 3.44. The molecule has 0 bridgehead atoms. The molecular formula is C10H10F2O5S. The van der Waals surface area contributed by atoms with E-state index in [1.54, 1.807) is 0 Å². The number of carboxylic acid groups (broad SMARTS) is 1. The Kier molecular flexibility index (Phi) is 4.23. The van der Waals surface area contributed by atoms with Crippen LogP contribution in [0, 0.1) is 6.92 Å². The number of carbonyl (C=O) groups is 1. The zero-order chi connectivity index (χ0) is 13.9. The summed E-state index contributed by atoms with van der Waals surface area (Å²) < 4.78 is 51.8. The van der Waals surface area contributed by atoms with Gasteiger partial charge in [0.15, 0.2) is 6.61 Å². The van der Waals surface area contributed by atoms with Crippen molar-refractivity contribution >= 4 is 15.8 Å². The normalized spacial score (nSPS) is 11.6. The van der Waals surface area contributed by atoms with Crippen LogP contribution in [0.2, 0.25) is 0 Å². The Labute approximate surface area is 102 Å². The number of aliphatic carboxylic acids is 1. The average Bonchev–Trinajstić information content (AvgIpc) is 2.26. The fraction of sp³-hybridized carbons (Fsp3) is 0.300. The maximum atomic E-state index is 12.3. The van der Waals surface area contributed by atoms with E-state index in [0.717, 1.165) is 18.2 Å². The summed E-state index contributed by atoms with van der Waals surface area (Å²) in [5.74, 6) is -4.56. The topological polar surface area (TPSA) is 80.7 Å². The van der Waals surface area contributed by atoms with Gasteiger partial charge in [-0.15, -0.1) is 0 Å². The number of rotatable bonds is 5. The molecule has 0 amide bonds. The fourth-order valence-corrected chi connectivity index (χ4v) is 2.01. The average molecular weight is 280 g/mol. The minimum Gasteiger partial charge on any atom is -0.482 e. The van der Waals surface area contributed by atoms with Crippen molar-refractivity contribution in [2.24, 2.45) is 0 Å². The third kappa shape index (κ3) is 3.16. The van der Waals surface area contributed by atoms with Gasteiger partial charge in [0.05, 0.1) is 4.90 Å². The van der Waals surface area contributed by atoms with Crippen molar-refractivity contribution in [3.63, 3.8) is 0 Å². The summed E-state index contributed by atoms with van der Waals surface area (Å²) in [6, 6.07) is 3.11. The lowest BCUT2D eigenvalue weighted by Gasteiger charge is -2.09. The molecule has 0 fully saturated rings. The Hall–Kier alpha value is -1.70. The lowest BCUT2D eigenvalue weighted by molar-refractivity contribution is -0.139. The molecule has 8 heteroatoms. The summed E-state index contributed by atoms with van der Waals surface area (Å²) in [4.78, 5) is 9.75. The SMILES string of the molecule is Cc1cc(S(=O)(=O)C(F)F)ccc1OCC(=O)O. The van der Waals surface area contributed by atoms with Gasteiger partial charge in [-0.2, -0.15) is 8.78 Å². The van der Waals surface area contributed by atoms with Gasteiger partial charge in [0.1, 0.15) is 5.75 Å². The number of alkyl halides is 2. The molecule has 0 aromatic heterocycles. The molecule has 18 heavy (non-hydrogen) atoms. The first kappa shape index (κ1) is 14.4. The second kappa shape index (κ2) is 5.30. The molecule has 1 N–H and O–H groups in total. The first-order chi connectivity index (χ1) is 8.25. The first-order valence-electron chi connectivity index (χ1n) is 4.72. The van der Waals surface area contributed by atoms with Crippen molar-refractivity contribution in [2.45, 2.75) is 17.6 Å². The van der Waals surface area contributed by atoms with E-state index in [1.807, 2.05) is 0 Å². The number of halogens is 2. The van der Waals surface area contributed by atoms with E-state index < -0.39 is 33.1 Å². The number of hydrogen-bond donors (Lipinski definition) is 1. The Morgan fingerprint density at radius 2 is 2.06 bits per heavy atom. The van der Waals surface area contributed by atoms with Gasteiger partial charge < -0.3 is 9.84 Å². The lowest BCUT2D eigenvalue weighted by Crippen LogP contribution is -2.13. The van der Waals surface area contributed by atoms with Crippen LogP contribution in [-0.4, -0.2) is 31.9 Å². The highest BCUT2D eigenvalue weighted by molar-refractivity contribution is 7.91. The van der Waals surface area contributed by atoms with Crippen LogP contribution < -0.4 is 4.74 Å². The zero-order valence-corrected chi connectivity index (χ0v) is 10.1. The minimum absolute atomic E-state index is 0.130. The fourth-order valence-electron chi connectivity index (χ4n) is 1.20. The summed E-state index contributed by atoms with van der Waals surface area (Å²) in [6.07, 6.45) is 0. The van der Waals surface area contributed by atoms with Crippen molar-refractivity contribution in [1.29, 1.82) is 0 Å². The number of benzene rings is 1. The van der Waals surface area contributed by atoms with Gasteiger partial charge in [-0.25, -0.2) is 13.2 Å². The first-order valence-corrected chi connectivity index (χ1v) is 6.27. The molecule has 0 saturated heterocycles. The van der Waals surface area contributed by atoms with Crippen LogP contribution >= 0.6 is 0 Å². The second-order valence-corrected chi connectivity index (χ2v) is 5.33. The predicted molar refractivity (Wildman–Crippen MR) is 57.5 cm³/mol. The molecule has 0 saturated carbocycles. The minimum atomic E-state index is -4.65. The standard InChI is InChI=1S/C10H10F2O5S/c1-6-4-7(18(15,16)10(11)12)2-3-8(6)17-5-9(13)14/h2-4,10H,5H2,1H3,(H,13,14). The summed E-state index contributed by atoms with van der Waals surface area (Å²) in [7, 11) is -4.65. The Balaban J connectivity index is 3.03. The number of sulfone groups is 1. The van der Waals surface area contributed by atoms with E-state index in [-0.39, 0.29) is 11.3 Å². The predicted octanol–water partition coefficient (Wildman–Crippen LogP) is 1.45. The van der Waals surface area contributed by atoms with Crippen molar-refractivity contribution < 1.29 is 31.8 Å². The molecular weight excluding hydrogens is 270 g/mol. The second-order valence-electron chi connectivity index (χ2n) is 3.42. The molecule has 0 aliphatic rings. The molecule has 100 valence electrons. The molecule has 0 heterocycles. The smallest absolute Gasteiger partial charge is 0.341 e. The van der Waals surface area contributed by atoms with Gasteiger partial charge in [-0.05, 0) is 30.7 Å². The van der Waals surface area contributed by atoms with Crippen LogP contribution in [0.3, 0.4) is 0 Å². The molecule has 0 spiro atoms. The van der Waals surface area contributed by atoms with Gasteiger partial charge in [0.2, 0.25) is 9.84 Å². The summed E-state index contributed by atoms with van der Waals surface area (Å²) >= 11 is 0. The summed E-state index contributed by atoms with van der Waals surface area (Å²) in [5.41, 5.74) is 0.262. The van der Waals surface area contributed by atoms with Gasteiger partial charge in [-0.1, -0.05) is 0 Å². The molecule has 0 aliphatic heterocycles. The maximum absolute atomic E-state index is 12.3. The monoisotopic (exact) mass is 280 g/mol. The summed E-state index contributed by atoms with van der Waals surface area (Å²) in [5, 5.41) is 8.40. The van der Waals surface area contributed by atoms with Crippen molar-refractivity contribution in [3.8, 4) is 5.75 Å². The maximum Gasteiger partial charge on any atom is 0.341 e. The van der Waals surface area contributed by atoms with Crippen LogP contribution in [-0.2, 0) is 14.6 Å². The van der Waals surface area contributed by atoms with Crippen LogP contribution in [0.5, 0.6) is 5.75 Å². The molecule has 0 aliphatic carbocycles. The van der Waals surface area contributed by atoms with Gasteiger partial charge in [0.25, 0.3) is 0 Å².